The van der Waals surface area contributed by atoms with E-state index >= 15 is 0 Å². The lowest BCUT2D eigenvalue weighted by Crippen LogP contribution is -2.23. The number of aliphatic hydroxyl groups excluding tert-OH is 1. The molecule has 2 saturated heterocycles. The van der Waals surface area contributed by atoms with Crippen LogP contribution >= 0.6 is 0 Å². The predicted octanol–water partition coefficient (Wildman–Crippen LogP) is 3.41. The summed E-state index contributed by atoms with van der Waals surface area (Å²) in [5, 5.41) is 10.5. The lowest BCUT2D eigenvalue weighted by molar-refractivity contribution is 0.0422. The summed E-state index contributed by atoms with van der Waals surface area (Å²) in [5.74, 6) is 0.843. The second-order valence-corrected chi connectivity index (χ2v) is 6.04. The first-order chi connectivity index (χ1) is 8.65. The van der Waals surface area contributed by atoms with Crippen molar-refractivity contribution in [2.24, 2.45) is 5.92 Å². The van der Waals surface area contributed by atoms with E-state index in [9.17, 15) is 5.11 Å². The largest absolute Gasteiger partial charge is 0.388 e. The second kappa shape index (κ2) is 4.67. The molecule has 0 saturated carbocycles. The van der Waals surface area contributed by atoms with Gasteiger partial charge in [0.1, 0.15) is 0 Å². The van der Waals surface area contributed by atoms with Gasteiger partial charge in [0, 0.05) is 5.92 Å². The van der Waals surface area contributed by atoms with Crippen LogP contribution in [0.2, 0.25) is 0 Å². The molecule has 2 bridgehead atoms. The molecule has 1 aromatic rings. The van der Waals surface area contributed by atoms with Gasteiger partial charge in [0.2, 0.25) is 0 Å². The van der Waals surface area contributed by atoms with Gasteiger partial charge in [-0.05, 0) is 36.3 Å². The monoisotopic (exact) mass is 246 g/mol. The molecule has 0 radical (unpaired) electrons. The minimum absolute atomic E-state index is 0.287. The van der Waals surface area contributed by atoms with Crippen LogP contribution in [0.5, 0.6) is 0 Å². The summed E-state index contributed by atoms with van der Waals surface area (Å²) >= 11 is 0. The lowest BCUT2D eigenvalue weighted by atomic mass is 9.82. The third-order valence-electron chi connectivity index (χ3n) is 4.50. The maximum Gasteiger partial charge on any atom is 0.0843 e. The Labute approximate surface area is 109 Å². The van der Waals surface area contributed by atoms with E-state index in [1.165, 1.54) is 12.0 Å². The van der Waals surface area contributed by atoms with Crippen LogP contribution in [0.1, 0.15) is 56.3 Å². The van der Waals surface area contributed by atoms with Crippen molar-refractivity contribution in [1.29, 1.82) is 0 Å². The predicted molar refractivity (Wildman–Crippen MR) is 71.5 cm³/mol. The van der Waals surface area contributed by atoms with E-state index in [1.54, 1.807) is 0 Å². The molecule has 2 fully saturated rings. The first kappa shape index (κ1) is 12.2. The molecule has 2 heteroatoms. The van der Waals surface area contributed by atoms with Crippen molar-refractivity contribution in [2.75, 3.05) is 0 Å². The molecule has 0 aromatic heterocycles. The third kappa shape index (κ3) is 2.08. The van der Waals surface area contributed by atoms with Crippen LogP contribution in [-0.4, -0.2) is 17.3 Å². The van der Waals surface area contributed by atoms with Crippen LogP contribution in [0.25, 0.3) is 0 Å². The highest BCUT2D eigenvalue weighted by Crippen LogP contribution is 2.44. The van der Waals surface area contributed by atoms with Crippen molar-refractivity contribution in [2.45, 2.75) is 57.3 Å². The van der Waals surface area contributed by atoms with Crippen LogP contribution in [0.3, 0.4) is 0 Å². The first-order valence-corrected chi connectivity index (χ1v) is 7.08. The molecule has 3 rings (SSSR count). The van der Waals surface area contributed by atoms with E-state index < -0.39 is 0 Å². The topological polar surface area (TPSA) is 29.5 Å². The van der Waals surface area contributed by atoms with Crippen LogP contribution in [0, 0.1) is 5.92 Å². The summed E-state index contributed by atoms with van der Waals surface area (Å²) in [7, 11) is 0. The Morgan fingerprint density at radius 1 is 1.11 bits per heavy atom. The molecule has 98 valence electrons. The van der Waals surface area contributed by atoms with Gasteiger partial charge in [0.25, 0.3) is 0 Å². The summed E-state index contributed by atoms with van der Waals surface area (Å²) in [6.07, 6.45) is 3.66. The molecule has 1 N–H and O–H groups in total. The second-order valence-electron chi connectivity index (χ2n) is 6.04. The van der Waals surface area contributed by atoms with Crippen molar-refractivity contribution in [3.05, 3.63) is 35.4 Å². The van der Waals surface area contributed by atoms with E-state index in [1.807, 2.05) is 0 Å². The first-order valence-electron chi connectivity index (χ1n) is 7.08. The molecule has 2 aliphatic heterocycles. The minimum atomic E-state index is -0.360. The molecule has 2 heterocycles. The van der Waals surface area contributed by atoms with Crippen LogP contribution in [0.4, 0.5) is 0 Å². The van der Waals surface area contributed by atoms with Crippen LogP contribution < -0.4 is 0 Å². The normalized spacial score (nSPS) is 32.1. The van der Waals surface area contributed by atoms with E-state index in [-0.39, 0.29) is 12.2 Å². The number of rotatable bonds is 3. The van der Waals surface area contributed by atoms with Crippen molar-refractivity contribution in [3.8, 4) is 0 Å². The van der Waals surface area contributed by atoms with Crippen molar-refractivity contribution in [1.82, 2.24) is 0 Å². The summed E-state index contributed by atoms with van der Waals surface area (Å²) < 4.78 is 5.83. The summed E-state index contributed by atoms with van der Waals surface area (Å²) in [6.45, 7) is 4.38. The molecule has 1 aromatic carbocycles. The van der Waals surface area contributed by atoms with Crippen LogP contribution in [0.15, 0.2) is 24.3 Å². The Morgan fingerprint density at radius 3 is 2.28 bits per heavy atom. The van der Waals surface area contributed by atoms with Gasteiger partial charge in [-0.15, -0.1) is 0 Å². The fourth-order valence-electron chi connectivity index (χ4n) is 3.33. The molecule has 4 unspecified atom stereocenters. The van der Waals surface area contributed by atoms with E-state index in [0.29, 0.717) is 17.9 Å². The maximum atomic E-state index is 10.5. The van der Waals surface area contributed by atoms with E-state index in [0.717, 1.165) is 18.4 Å². The molecular weight excluding hydrogens is 224 g/mol. The Morgan fingerprint density at radius 2 is 1.78 bits per heavy atom. The Balaban J connectivity index is 1.74. The molecule has 2 aliphatic rings. The fourth-order valence-corrected chi connectivity index (χ4v) is 3.33. The molecule has 4 atom stereocenters. The Kier molecular flexibility index (Phi) is 3.16. The number of benzene rings is 1. The highest BCUT2D eigenvalue weighted by atomic mass is 16.5. The average molecular weight is 246 g/mol. The maximum absolute atomic E-state index is 10.5. The number of ether oxygens (including phenoxy) is 1. The quantitative estimate of drug-likeness (QED) is 0.885. The zero-order chi connectivity index (χ0) is 12.7. The Bertz CT molecular complexity index is 410. The van der Waals surface area contributed by atoms with E-state index in [2.05, 4.69) is 38.1 Å². The highest BCUT2D eigenvalue weighted by molar-refractivity contribution is 5.27. The van der Waals surface area contributed by atoms with Gasteiger partial charge in [0.15, 0.2) is 0 Å². The number of fused-ring (bicyclic) bond motifs is 2. The molecule has 2 nitrogen and oxygen atoms in total. The number of hydrogen-bond donors (Lipinski definition) is 1. The van der Waals surface area contributed by atoms with Gasteiger partial charge in [-0.3, -0.25) is 0 Å². The highest BCUT2D eigenvalue weighted by Gasteiger charge is 2.44. The molecule has 0 aliphatic carbocycles. The molecular formula is C16H22O2. The van der Waals surface area contributed by atoms with Gasteiger partial charge in [-0.25, -0.2) is 0 Å². The number of aliphatic hydroxyl groups is 1. The zero-order valence-corrected chi connectivity index (χ0v) is 11.2. The standard InChI is InChI=1S/C16H22O2/c1-10(2)11-3-5-12(6-4-11)16(17)14-9-13-7-8-15(14)18-13/h3-6,10,13-17H,7-9H2,1-2H3. The van der Waals surface area contributed by atoms with Crippen LogP contribution in [-0.2, 0) is 4.74 Å². The lowest BCUT2D eigenvalue weighted by Gasteiger charge is -2.24. The van der Waals surface area contributed by atoms with Gasteiger partial charge in [-0.2, -0.15) is 0 Å². The van der Waals surface area contributed by atoms with Crippen molar-refractivity contribution in [3.63, 3.8) is 0 Å². The zero-order valence-electron chi connectivity index (χ0n) is 11.2. The smallest absolute Gasteiger partial charge is 0.0843 e. The van der Waals surface area contributed by atoms with Gasteiger partial charge in [0.05, 0.1) is 18.3 Å². The summed E-state index contributed by atoms with van der Waals surface area (Å²) in [6, 6.07) is 8.42. The Hall–Kier alpha value is -0.860. The van der Waals surface area contributed by atoms with Gasteiger partial charge >= 0.3 is 0 Å². The number of hydrogen-bond acceptors (Lipinski definition) is 2. The third-order valence-corrected chi connectivity index (χ3v) is 4.50. The molecule has 18 heavy (non-hydrogen) atoms. The summed E-state index contributed by atoms with van der Waals surface area (Å²) in [5.41, 5.74) is 2.37. The average Bonchev–Trinajstić information content (AvgIpc) is 3.00. The van der Waals surface area contributed by atoms with E-state index in [4.69, 9.17) is 4.74 Å². The minimum Gasteiger partial charge on any atom is -0.388 e. The summed E-state index contributed by atoms with van der Waals surface area (Å²) in [4.78, 5) is 0. The molecule has 0 amide bonds. The van der Waals surface area contributed by atoms with Crippen molar-refractivity contribution < 1.29 is 9.84 Å². The fraction of sp³-hybridized carbons (Fsp3) is 0.625. The molecule has 0 spiro atoms. The van der Waals surface area contributed by atoms with Gasteiger partial charge < -0.3 is 9.84 Å². The SMILES string of the molecule is CC(C)c1ccc(C(O)C2CC3CCC2O3)cc1. The van der Waals surface area contributed by atoms with Crippen molar-refractivity contribution >= 4 is 0 Å². The van der Waals surface area contributed by atoms with Gasteiger partial charge in [-0.1, -0.05) is 38.1 Å².